The van der Waals surface area contributed by atoms with E-state index in [4.69, 9.17) is 5.73 Å². The van der Waals surface area contributed by atoms with Crippen LogP contribution in [0.15, 0.2) is 0 Å². The maximum atomic E-state index is 12.5. The Hall–Kier alpha value is -0.460. The van der Waals surface area contributed by atoms with Gasteiger partial charge in [0.25, 0.3) is 0 Å². The summed E-state index contributed by atoms with van der Waals surface area (Å²) >= 11 is 0. The second kappa shape index (κ2) is 5.67. The lowest BCUT2D eigenvalue weighted by Crippen LogP contribution is -2.38. The smallest absolute Gasteiger partial charge is 0.327 e. The minimum atomic E-state index is -4.30. The molecule has 2 N–H and O–H groups in total. The predicted molar refractivity (Wildman–Crippen MR) is 54.8 cm³/mol. The molecule has 1 fully saturated rings. The van der Waals surface area contributed by atoms with E-state index in [0.717, 1.165) is 0 Å². The van der Waals surface area contributed by atoms with Gasteiger partial charge < -0.3 is 5.73 Å². The minimum absolute atomic E-state index is 0.0615. The Morgan fingerprint density at radius 2 is 1.67 bits per heavy atom. The van der Waals surface area contributed by atoms with Crippen LogP contribution in [-0.2, 0) is 0 Å². The molecular weight excluding hydrogens is 260 g/mol. The predicted octanol–water partition coefficient (Wildman–Crippen LogP) is 4.02. The van der Waals surface area contributed by atoms with Gasteiger partial charge in [0.05, 0.1) is 5.92 Å². The van der Waals surface area contributed by atoms with Crippen LogP contribution in [0.2, 0.25) is 0 Å². The zero-order valence-corrected chi connectivity index (χ0v) is 9.82. The molecule has 0 aliphatic heterocycles. The standard InChI is InChI=1S/C11H17F6N/c12-10(13,14)5-4-9(18)7-2-1-3-8(6-7)11(15,16)17/h7-9H,1-6,18H2. The molecule has 0 aromatic rings. The summed E-state index contributed by atoms with van der Waals surface area (Å²) in [5.41, 5.74) is 5.59. The normalized spacial score (nSPS) is 28.2. The monoisotopic (exact) mass is 277 g/mol. The molecule has 18 heavy (non-hydrogen) atoms. The zero-order valence-electron chi connectivity index (χ0n) is 9.82. The molecule has 1 saturated carbocycles. The topological polar surface area (TPSA) is 26.0 Å². The Morgan fingerprint density at radius 3 is 2.17 bits per heavy atom. The zero-order chi connectivity index (χ0) is 14.0. The SMILES string of the molecule is NC(CCC(F)(F)F)C1CCCC(C(F)(F)F)C1. The van der Waals surface area contributed by atoms with Gasteiger partial charge in [-0.1, -0.05) is 6.42 Å². The molecule has 0 amide bonds. The maximum Gasteiger partial charge on any atom is 0.391 e. The average Bonchev–Trinajstić information content (AvgIpc) is 2.24. The quantitative estimate of drug-likeness (QED) is 0.774. The lowest BCUT2D eigenvalue weighted by Gasteiger charge is -2.33. The van der Waals surface area contributed by atoms with Crippen LogP contribution in [-0.4, -0.2) is 18.4 Å². The van der Waals surface area contributed by atoms with E-state index < -0.39 is 36.7 Å². The summed E-state index contributed by atoms with van der Waals surface area (Å²) in [7, 11) is 0. The maximum absolute atomic E-state index is 12.5. The Bertz CT molecular complexity index is 259. The van der Waals surface area contributed by atoms with Crippen molar-refractivity contribution in [3.8, 4) is 0 Å². The molecule has 3 atom stereocenters. The van der Waals surface area contributed by atoms with Crippen molar-refractivity contribution in [3.05, 3.63) is 0 Å². The van der Waals surface area contributed by atoms with Crippen LogP contribution in [0.3, 0.4) is 0 Å². The number of halogens is 6. The Kier molecular flexibility index (Phi) is 4.91. The highest BCUT2D eigenvalue weighted by Gasteiger charge is 2.43. The molecule has 1 aliphatic carbocycles. The van der Waals surface area contributed by atoms with Crippen molar-refractivity contribution in [3.63, 3.8) is 0 Å². The lowest BCUT2D eigenvalue weighted by molar-refractivity contribution is -0.186. The van der Waals surface area contributed by atoms with Crippen LogP contribution in [0.1, 0.15) is 38.5 Å². The van der Waals surface area contributed by atoms with Gasteiger partial charge in [-0.25, -0.2) is 0 Å². The van der Waals surface area contributed by atoms with Crippen LogP contribution in [0.25, 0.3) is 0 Å². The molecule has 0 bridgehead atoms. The molecule has 108 valence electrons. The molecule has 0 aromatic carbocycles. The third-order valence-electron chi connectivity index (χ3n) is 3.54. The number of nitrogens with two attached hydrogens (primary N) is 1. The Morgan fingerprint density at radius 1 is 1.06 bits per heavy atom. The molecule has 1 rings (SSSR count). The molecule has 1 nitrogen and oxygen atoms in total. The molecule has 0 saturated heterocycles. The van der Waals surface area contributed by atoms with Gasteiger partial charge in [-0.15, -0.1) is 0 Å². The first kappa shape index (κ1) is 15.6. The highest BCUT2D eigenvalue weighted by Crippen LogP contribution is 2.41. The van der Waals surface area contributed by atoms with E-state index in [-0.39, 0.29) is 19.3 Å². The van der Waals surface area contributed by atoms with Gasteiger partial charge in [-0.3, -0.25) is 0 Å². The summed E-state index contributed by atoms with van der Waals surface area (Å²) in [6.07, 6.45) is -9.08. The summed E-state index contributed by atoms with van der Waals surface area (Å²) in [5.74, 6) is -1.86. The van der Waals surface area contributed by atoms with Crippen LogP contribution >= 0.6 is 0 Å². The van der Waals surface area contributed by atoms with Crippen LogP contribution in [0.4, 0.5) is 26.3 Å². The second-order valence-corrected chi connectivity index (χ2v) is 4.98. The second-order valence-electron chi connectivity index (χ2n) is 4.98. The van der Waals surface area contributed by atoms with Gasteiger partial charge >= 0.3 is 12.4 Å². The van der Waals surface area contributed by atoms with Crippen molar-refractivity contribution >= 4 is 0 Å². The summed E-state index contributed by atoms with van der Waals surface area (Å²) in [5, 5.41) is 0. The Balaban J connectivity index is 2.46. The molecule has 0 heterocycles. The number of hydrogen-bond donors (Lipinski definition) is 1. The number of hydrogen-bond acceptors (Lipinski definition) is 1. The summed E-state index contributed by atoms with van der Waals surface area (Å²) in [4.78, 5) is 0. The van der Waals surface area contributed by atoms with Crippen molar-refractivity contribution in [2.24, 2.45) is 17.6 Å². The molecule has 7 heteroatoms. The Labute approximate surface area is 102 Å². The number of alkyl halides is 6. The minimum Gasteiger partial charge on any atom is -0.327 e. The van der Waals surface area contributed by atoms with Gasteiger partial charge in [0.1, 0.15) is 0 Å². The van der Waals surface area contributed by atoms with E-state index in [1.807, 2.05) is 0 Å². The van der Waals surface area contributed by atoms with E-state index in [9.17, 15) is 26.3 Å². The summed E-state index contributed by atoms with van der Waals surface area (Å²) in [6.45, 7) is 0. The fourth-order valence-corrected chi connectivity index (χ4v) is 2.48. The van der Waals surface area contributed by atoms with Gasteiger partial charge in [-0.2, -0.15) is 26.3 Å². The van der Waals surface area contributed by atoms with E-state index in [2.05, 4.69) is 0 Å². The third-order valence-corrected chi connectivity index (χ3v) is 3.54. The van der Waals surface area contributed by atoms with Gasteiger partial charge in [0, 0.05) is 12.5 Å². The van der Waals surface area contributed by atoms with Crippen molar-refractivity contribution in [1.29, 1.82) is 0 Å². The molecule has 0 aromatic heterocycles. The van der Waals surface area contributed by atoms with E-state index in [1.165, 1.54) is 0 Å². The molecule has 0 spiro atoms. The van der Waals surface area contributed by atoms with Crippen LogP contribution in [0.5, 0.6) is 0 Å². The average molecular weight is 277 g/mol. The fraction of sp³-hybridized carbons (Fsp3) is 1.00. The van der Waals surface area contributed by atoms with E-state index in [1.54, 1.807) is 0 Å². The van der Waals surface area contributed by atoms with Crippen LogP contribution < -0.4 is 5.73 Å². The van der Waals surface area contributed by atoms with E-state index >= 15 is 0 Å². The van der Waals surface area contributed by atoms with Crippen LogP contribution in [0, 0.1) is 11.8 Å². The fourth-order valence-electron chi connectivity index (χ4n) is 2.48. The summed E-state index contributed by atoms with van der Waals surface area (Å²) in [6, 6.07) is -0.795. The van der Waals surface area contributed by atoms with Gasteiger partial charge in [0.15, 0.2) is 0 Å². The van der Waals surface area contributed by atoms with Crippen molar-refractivity contribution in [2.45, 2.75) is 56.9 Å². The molecule has 1 aliphatic rings. The molecular formula is C11H17F6N. The first-order valence-electron chi connectivity index (χ1n) is 5.98. The van der Waals surface area contributed by atoms with Crippen molar-refractivity contribution < 1.29 is 26.3 Å². The lowest BCUT2D eigenvalue weighted by atomic mass is 9.76. The van der Waals surface area contributed by atoms with Crippen molar-refractivity contribution in [1.82, 2.24) is 0 Å². The van der Waals surface area contributed by atoms with Gasteiger partial charge in [0.2, 0.25) is 0 Å². The largest absolute Gasteiger partial charge is 0.391 e. The van der Waals surface area contributed by atoms with E-state index in [0.29, 0.717) is 12.8 Å². The molecule has 0 radical (unpaired) electrons. The first-order chi connectivity index (χ1) is 8.09. The summed E-state index contributed by atoms with van der Waals surface area (Å²) < 4.78 is 73.6. The molecule has 3 unspecified atom stereocenters. The van der Waals surface area contributed by atoms with Crippen molar-refractivity contribution in [2.75, 3.05) is 0 Å². The highest BCUT2D eigenvalue weighted by atomic mass is 19.4. The third kappa shape index (κ3) is 5.04. The highest BCUT2D eigenvalue weighted by molar-refractivity contribution is 4.83. The number of rotatable bonds is 3. The first-order valence-corrected chi connectivity index (χ1v) is 5.98. The van der Waals surface area contributed by atoms with Gasteiger partial charge in [-0.05, 0) is 31.6 Å².